The maximum Gasteiger partial charge on any atom is 0.307 e. The number of nitrogens with zero attached hydrogens (tertiary/aromatic N) is 2. The van der Waals surface area contributed by atoms with Crippen molar-refractivity contribution in [1.29, 1.82) is 0 Å². The number of hydrogen-bond donors (Lipinski definition) is 2. The number of H-pyrrole nitrogens is 1. The van der Waals surface area contributed by atoms with Crippen LogP contribution in [0.25, 0.3) is 22.2 Å². The smallest absolute Gasteiger partial charge is 0.307 e. The number of benzene rings is 2. The van der Waals surface area contributed by atoms with Gasteiger partial charge in [-0.2, -0.15) is 0 Å². The van der Waals surface area contributed by atoms with E-state index in [-0.39, 0.29) is 18.4 Å². The van der Waals surface area contributed by atoms with Gasteiger partial charge in [0, 0.05) is 17.4 Å². The van der Waals surface area contributed by atoms with Gasteiger partial charge in [0.05, 0.1) is 23.0 Å². The fourth-order valence-electron chi connectivity index (χ4n) is 3.06. The van der Waals surface area contributed by atoms with E-state index in [1.807, 2.05) is 35.7 Å². The molecule has 2 aromatic carbocycles. The molecular formula is C23H20N4O4S. The highest BCUT2D eigenvalue weighted by molar-refractivity contribution is 7.14. The molecule has 0 spiro atoms. The number of fused-ring (bicyclic) bond motifs is 1. The molecule has 0 aliphatic heterocycles. The second kappa shape index (κ2) is 9.52. The first kappa shape index (κ1) is 21.4. The number of hydrogen-bond acceptors (Lipinski definition) is 7. The van der Waals surface area contributed by atoms with Crippen molar-refractivity contribution in [3.8, 4) is 11.3 Å². The van der Waals surface area contributed by atoms with Crippen molar-refractivity contribution in [3.05, 3.63) is 76.2 Å². The molecule has 0 fully saturated rings. The number of carbonyl (C=O) groups excluding carboxylic acids is 2. The largest absolute Gasteiger partial charge is 0.453 e. The number of aromatic nitrogens is 3. The van der Waals surface area contributed by atoms with Gasteiger partial charge < -0.3 is 9.72 Å². The summed E-state index contributed by atoms with van der Waals surface area (Å²) < 4.78 is 5.22. The van der Waals surface area contributed by atoms with Gasteiger partial charge in [-0.15, -0.1) is 11.3 Å². The molecule has 0 saturated carbocycles. The monoisotopic (exact) mass is 448 g/mol. The van der Waals surface area contributed by atoms with Gasteiger partial charge >= 0.3 is 5.97 Å². The number of thiazole rings is 1. The third-order valence-corrected chi connectivity index (χ3v) is 5.47. The number of anilines is 1. The Morgan fingerprint density at radius 1 is 1.09 bits per heavy atom. The highest BCUT2D eigenvalue weighted by Gasteiger charge is 2.19. The number of carbonyl (C=O) groups is 2. The lowest BCUT2D eigenvalue weighted by Crippen LogP contribution is -2.30. The van der Waals surface area contributed by atoms with Gasteiger partial charge in [0.1, 0.15) is 5.82 Å². The number of amides is 1. The van der Waals surface area contributed by atoms with Crippen LogP contribution in [0.4, 0.5) is 5.13 Å². The lowest BCUT2D eigenvalue weighted by Gasteiger charge is -2.12. The number of esters is 1. The number of rotatable bonds is 7. The summed E-state index contributed by atoms with van der Waals surface area (Å²) in [5.74, 6) is -0.642. The molecular weight excluding hydrogens is 428 g/mol. The van der Waals surface area contributed by atoms with Crippen LogP contribution in [0, 0.1) is 0 Å². The quantitative estimate of drug-likeness (QED) is 0.418. The molecule has 0 bridgehead atoms. The fourth-order valence-corrected chi connectivity index (χ4v) is 3.79. The SMILES string of the molecule is C[C@@H](OC(=O)CCc1nc2ccccc2c(=O)[nH]1)C(=O)Nc1nc(-c2ccccc2)cs1. The third-order valence-electron chi connectivity index (χ3n) is 4.71. The molecule has 162 valence electrons. The maximum absolute atomic E-state index is 12.4. The van der Waals surface area contributed by atoms with Gasteiger partial charge in [-0.1, -0.05) is 42.5 Å². The minimum absolute atomic E-state index is 0.0195. The van der Waals surface area contributed by atoms with Gasteiger partial charge in [0.15, 0.2) is 11.2 Å². The Morgan fingerprint density at radius 2 is 1.84 bits per heavy atom. The topological polar surface area (TPSA) is 114 Å². The van der Waals surface area contributed by atoms with E-state index in [1.165, 1.54) is 18.3 Å². The van der Waals surface area contributed by atoms with E-state index in [0.717, 1.165) is 11.3 Å². The summed E-state index contributed by atoms with van der Waals surface area (Å²) in [4.78, 5) is 48.1. The van der Waals surface area contributed by atoms with Gasteiger partial charge in [-0.3, -0.25) is 19.7 Å². The standard InChI is InChI=1S/C23H20N4O4S/c1-14(21(29)27-23-25-18(13-32-23)15-7-3-2-4-8-15)31-20(28)12-11-19-24-17-10-6-5-9-16(17)22(30)26-19/h2-10,13-14H,11-12H2,1H3,(H,24,26,30)(H,25,27,29)/t14-/m1/s1. The lowest BCUT2D eigenvalue weighted by atomic mass is 10.2. The van der Waals surface area contributed by atoms with Gasteiger partial charge in [0.2, 0.25) is 0 Å². The van der Waals surface area contributed by atoms with Crippen LogP contribution < -0.4 is 10.9 Å². The molecule has 9 heteroatoms. The molecule has 4 rings (SSSR count). The minimum atomic E-state index is -0.991. The average Bonchev–Trinajstić information content (AvgIpc) is 3.27. The number of aryl methyl sites for hydroxylation is 1. The number of ether oxygens (including phenoxy) is 1. The first-order chi connectivity index (χ1) is 15.5. The summed E-state index contributed by atoms with van der Waals surface area (Å²) in [6.45, 7) is 1.50. The lowest BCUT2D eigenvalue weighted by molar-refractivity contribution is -0.153. The zero-order valence-corrected chi connectivity index (χ0v) is 18.0. The Labute approximate surface area is 187 Å². The van der Waals surface area contributed by atoms with E-state index in [9.17, 15) is 14.4 Å². The predicted molar refractivity (Wildman–Crippen MR) is 122 cm³/mol. The van der Waals surface area contributed by atoms with Crippen LogP contribution in [0.2, 0.25) is 0 Å². The van der Waals surface area contributed by atoms with Gasteiger partial charge in [-0.05, 0) is 19.1 Å². The van der Waals surface area contributed by atoms with Crippen molar-refractivity contribution in [3.63, 3.8) is 0 Å². The summed E-state index contributed by atoms with van der Waals surface area (Å²) in [5.41, 5.74) is 2.01. The number of para-hydroxylation sites is 1. The molecule has 0 unspecified atom stereocenters. The summed E-state index contributed by atoms with van der Waals surface area (Å²) in [6.07, 6.45) is -0.815. The Morgan fingerprint density at radius 3 is 2.66 bits per heavy atom. The van der Waals surface area contributed by atoms with Crippen molar-refractivity contribution in [1.82, 2.24) is 15.0 Å². The zero-order valence-electron chi connectivity index (χ0n) is 17.2. The Bertz CT molecular complexity index is 1320. The Balaban J connectivity index is 1.30. The molecule has 0 aliphatic rings. The van der Waals surface area contributed by atoms with Crippen LogP contribution >= 0.6 is 11.3 Å². The van der Waals surface area contributed by atoms with Crippen LogP contribution in [0.3, 0.4) is 0 Å². The molecule has 1 amide bonds. The van der Waals surface area contributed by atoms with Crippen LogP contribution in [0.5, 0.6) is 0 Å². The number of aromatic amines is 1. The molecule has 32 heavy (non-hydrogen) atoms. The Hall–Kier alpha value is -3.85. The average molecular weight is 449 g/mol. The highest BCUT2D eigenvalue weighted by atomic mass is 32.1. The van der Waals surface area contributed by atoms with E-state index in [0.29, 0.717) is 21.9 Å². The first-order valence-corrected chi connectivity index (χ1v) is 10.9. The molecule has 2 heterocycles. The molecule has 1 atom stereocenters. The van der Waals surface area contributed by atoms with Crippen LogP contribution in [0.1, 0.15) is 19.2 Å². The molecule has 4 aromatic rings. The van der Waals surface area contributed by atoms with Crippen molar-refractivity contribution in [2.75, 3.05) is 5.32 Å². The second-order valence-electron chi connectivity index (χ2n) is 7.06. The number of nitrogens with one attached hydrogen (secondary N) is 2. The fraction of sp³-hybridized carbons (Fsp3) is 0.174. The van der Waals surface area contributed by atoms with Crippen molar-refractivity contribution in [2.24, 2.45) is 0 Å². The van der Waals surface area contributed by atoms with E-state index in [2.05, 4.69) is 20.3 Å². The van der Waals surface area contributed by atoms with E-state index >= 15 is 0 Å². The maximum atomic E-state index is 12.4. The molecule has 2 aromatic heterocycles. The predicted octanol–water partition coefficient (Wildman–Crippen LogP) is 3.55. The minimum Gasteiger partial charge on any atom is -0.453 e. The first-order valence-electron chi connectivity index (χ1n) is 9.99. The zero-order chi connectivity index (χ0) is 22.5. The van der Waals surface area contributed by atoms with Crippen molar-refractivity contribution >= 4 is 39.2 Å². The van der Waals surface area contributed by atoms with Gasteiger partial charge in [0.25, 0.3) is 11.5 Å². The van der Waals surface area contributed by atoms with Crippen LogP contribution in [-0.2, 0) is 20.7 Å². The molecule has 8 nitrogen and oxygen atoms in total. The normalized spacial score (nSPS) is 11.8. The summed E-state index contributed by atoms with van der Waals surface area (Å²) in [6, 6.07) is 16.6. The third kappa shape index (κ3) is 5.06. The molecule has 2 N–H and O–H groups in total. The second-order valence-corrected chi connectivity index (χ2v) is 7.91. The summed E-state index contributed by atoms with van der Waals surface area (Å²) in [5, 5.41) is 5.43. The van der Waals surface area contributed by atoms with Crippen LogP contribution in [-0.4, -0.2) is 32.9 Å². The van der Waals surface area contributed by atoms with E-state index in [1.54, 1.807) is 24.3 Å². The van der Waals surface area contributed by atoms with Gasteiger partial charge in [-0.25, -0.2) is 9.97 Å². The molecule has 0 saturated heterocycles. The van der Waals surface area contributed by atoms with E-state index < -0.39 is 18.0 Å². The molecule has 0 radical (unpaired) electrons. The highest BCUT2D eigenvalue weighted by Crippen LogP contribution is 2.24. The summed E-state index contributed by atoms with van der Waals surface area (Å²) >= 11 is 1.29. The Kier molecular flexibility index (Phi) is 6.37. The van der Waals surface area contributed by atoms with Crippen molar-refractivity contribution < 1.29 is 14.3 Å². The summed E-state index contributed by atoms with van der Waals surface area (Å²) in [7, 11) is 0. The van der Waals surface area contributed by atoms with Crippen LogP contribution in [0.15, 0.2) is 64.8 Å². The van der Waals surface area contributed by atoms with Crippen molar-refractivity contribution in [2.45, 2.75) is 25.9 Å². The molecule has 0 aliphatic carbocycles. The van der Waals surface area contributed by atoms with E-state index in [4.69, 9.17) is 4.74 Å².